The van der Waals surface area contributed by atoms with E-state index in [-0.39, 0.29) is 30.2 Å². The first kappa shape index (κ1) is 13.6. The lowest BCUT2D eigenvalue weighted by Crippen LogP contribution is -2.38. The van der Waals surface area contributed by atoms with Gasteiger partial charge in [-0.05, 0) is 37.8 Å². The topological polar surface area (TPSA) is 106 Å². The van der Waals surface area contributed by atoms with Crippen molar-refractivity contribution in [3.63, 3.8) is 0 Å². The Kier molecular flexibility index (Phi) is 4.21. The number of nitrogens with two attached hydrogens (primary N) is 1. The van der Waals surface area contributed by atoms with Gasteiger partial charge in [0.05, 0.1) is 12.5 Å². The second-order valence-electron chi connectivity index (χ2n) is 4.83. The molecule has 1 aromatic heterocycles. The van der Waals surface area contributed by atoms with E-state index in [9.17, 15) is 9.59 Å². The summed E-state index contributed by atoms with van der Waals surface area (Å²) in [6, 6.07) is 3.30. The molecule has 0 aliphatic heterocycles. The van der Waals surface area contributed by atoms with Crippen LogP contribution >= 0.6 is 0 Å². The number of carboxylic acids is 1. The third kappa shape index (κ3) is 3.35. The summed E-state index contributed by atoms with van der Waals surface area (Å²) in [5.41, 5.74) is 5.41. The van der Waals surface area contributed by atoms with Crippen LogP contribution in [-0.2, 0) is 11.3 Å². The molecule has 1 heterocycles. The van der Waals surface area contributed by atoms with Gasteiger partial charge in [-0.15, -0.1) is 0 Å². The molecule has 6 heteroatoms. The van der Waals surface area contributed by atoms with E-state index in [4.69, 9.17) is 15.3 Å². The quantitative estimate of drug-likeness (QED) is 0.757. The molecule has 19 heavy (non-hydrogen) atoms. The van der Waals surface area contributed by atoms with Crippen molar-refractivity contribution in [3.8, 4) is 0 Å². The van der Waals surface area contributed by atoms with Gasteiger partial charge in [0, 0.05) is 6.04 Å². The van der Waals surface area contributed by atoms with Crippen molar-refractivity contribution in [1.82, 2.24) is 5.32 Å². The Bertz CT molecular complexity index is 461. The van der Waals surface area contributed by atoms with Gasteiger partial charge in [-0.25, -0.2) is 0 Å². The molecule has 0 saturated heterocycles. The Labute approximate surface area is 111 Å². The highest BCUT2D eigenvalue weighted by Crippen LogP contribution is 2.24. The highest BCUT2D eigenvalue weighted by Gasteiger charge is 2.27. The van der Waals surface area contributed by atoms with E-state index < -0.39 is 5.97 Å². The third-order valence-corrected chi connectivity index (χ3v) is 3.50. The lowest BCUT2D eigenvalue weighted by atomic mass is 9.86. The summed E-state index contributed by atoms with van der Waals surface area (Å²) in [5.74, 6) is -0.469. The number of carbonyl (C=O) groups is 2. The largest absolute Gasteiger partial charge is 0.481 e. The van der Waals surface area contributed by atoms with Gasteiger partial charge in [0.1, 0.15) is 5.76 Å². The van der Waals surface area contributed by atoms with E-state index in [0.717, 1.165) is 0 Å². The van der Waals surface area contributed by atoms with Crippen LogP contribution in [0.1, 0.15) is 42.0 Å². The first-order chi connectivity index (χ1) is 9.10. The van der Waals surface area contributed by atoms with E-state index in [0.29, 0.717) is 31.4 Å². The fraction of sp³-hybridized carbons (Fsp3) is 0.538. The van der Waals surface area contributed by atoms with Crippen LogP contribution in [0.3, 0.4) is 0 Å². The molecule has 104 valence electrons. The average molecular weight is 266 g/mol. The minimum absolute atomic E-state index is 0.0227. The summed E-state index contributed by atoms with van der Waals surface area (Å²) in [6.07, 6.45) is 2.58. The Morgan fingerprint density at radius 3 is 2.53 bits per heavy atom. The number of amides is 1. The van der Waals surface area contributed by atoms with Crippen LogP contribution in [0, 0.1) is 5.92 Å². The highest BCUT2D eigenvalue weighted by molar-refractivity contribution is 5.91. The van der Waals surface area contributed by atoms with Crippen molar-refractivity contribution in [1.29, 1.82) is 0 Å². The van der Waals surface area contributed by atoms with Gasteiger partial charge < -0.3 is 20.6 Å². The van der Waals surface area contributed by atoms with Gasteiger partial charge >= 0.3 is 5.97 Å². The number of carbonyl (C=O) groups excluding carboxylic acids is 1. The van der Waals surface area contributed by atoms with Crippen LogP contribution in [0.5, 0.6) is 0 Å². The van der Waals surface area contributed by atoms with E-state index in [1.807, 2.05) is 0 Å². The summed E-state index contributed by atoms with van der Waals surface area (Å²) >= 11 is 0. The third-order valence-electron chi connectivity index (χ3n) is 3.50. The molecule has 2 rings (SSSR count). The smallest absolute Gasteiger partial charge is 0.306 e. The van der Waals surface area contributed by atoms with Crippen molar-refractivity contribution in [2.45, 2.75) is 38.3 Å². The van der Waals surface area contributed by atoms with Crippen LogP contribution in [-0.4, -0.2) is 23.0 Å². The summed E-state index contributed by atoms with van der Waals surface area (Å²) in [4.78, 5) is 22.7. The van der Waals surface area contributed by atoms with E-state index in [2.05, 4.69) is 5.32 Å². The molecule has 1 amide bonds. The van der Waals surface area contributed by atoms with Crippen LogP contribution in [0.4, 0.5) is 0 Å². The number of carboxylic acid groups (broad SMARTS) is 1. The van der Waals surface area contributed by atoms with Crippen molar-refractivity contribution in [2.24, 2.45) is 11.7 Å². The molecule has 1 aliphatic rings. The van der Waals surface area contributed by atoms with Crippen molar-refractivity contribution >= 4 is 11.9 Å². The van der Waals surface area contributed by atoms with Crippen molar-refractivity contribution < 1.29 is 19.1 Å². The molecule has 1 fully saturated rings. The van der Waals surface area contributed by atoms with Crippen LogP contribution < -0.4 is 11.1 Å². The fourth-order valence-corrected chi connectivity index (χ4v) is 2.35. The normalized spacial score (nSPS) is 23.0. The first-order valence-electron chi connectivity index (χ1n) is 6.42. The SMILES string of the molecule is NCc1ccc(C(=O)NC2CCC(C(=O)O)CC2)o1. The molecule has 0 bridgehead atoms. The number of aliphatic carboxylic acids is 1. The Balaban J connectivity index is 1.85. The highest BCUT2D eigenvalue weighted by atomic mass is 16.4. The van der Waals surface area contributed by atoms with Gasteiger partial charge in [-0.1, -0.05) is 0 Å². The molecular formula is C13H18N2O4. The monoisotopic (exact) mass is 266 g/mol. The standard InChI is InChI=1S/C13H18N2O4/c14-7-10-5-6-11(19-10)12(16)15-9-3-1-8(2-4-9)13(17)18/h5-6,8-9H,1-4,7,14H2,(H,15,16)(H,17,18). The zero-order valence-electron chi connectivity index (χ0n) is 10.6. The molecule has 0 atom stereocenters. The number of furan rings is 1. The molecule has 0 radical (unpaired) electrons. The maximum atomic E-state index is 11.9. The summed E-state index contributed by atoms with van der Waals surface area (Å²) in [5, 5.41) is 11.8. The Morgan fingerprint density at radius 2 is 2.00 bits per heavy atom. The molecule has 6 nitrogen and oxygen atoms in total. The van der Waals surface area contributed by atoms with Crippen LogP contribution in [0.25, 0.3) is 0 Å². The van der Waals surface area contributed by atoms with E-state index in [1.54, 1.807) is 12.1 Å². The van der Waals surface area contributed by atoms with Gasteiger partial charge in [-0.3, -0.25) is 9.59 Å². The number of rotatable bonds is 4. The maximum absolute atomic E-state index is 11.9. The molecule has 1 aromatic rings. The van der Waals surface area contributed by atoms with E-state index in [1.165, 1.54) is 0 Å². The fourth-order valence-electron chi connectivity index (χ4n) is 2.35. The minimum atomic E-state index is -0.747. The number of hydrogen-bond acceptors (Lipinski definition) is 4. The minimum Gasteiger partial charge on any atom is -0.481 e. The molecule has 0 unspecified atom stereocenters. The Hall–Kier alpha value is -1.82. The summed E-state index contributed by atoms with van der Waals surface area (Å²) in [7, 11) is 0. The average Bonchev–Trinajstić information content (AvgIpc) is 2.88. The summed E-state index contributed by atoms with van der Waals surface area (Å²) in [6.45, 7) is 0.261. The van der Waals surface area contributed by atoms with Gasteiger partial charge in [-0.2, -0.15) is 0 Å². The van der Waals surface area contributed by atoms with E-state index >= 15 is 0 Å². The lowest BCUT2D eigenvalue weighted by molar-refractivity contribution is -0.142. The predicted octanol–water partition coefficient (Wildman–Crippen LogP) is 1.11. The van der Waals surface area contributed by atoms with Gasteiger partial charge in [0.2, 0.25) is 0 Å². The summed E-state index contributed by atoms with van der Waals surface area (Å²) < 4.78 is 5.26. The van der Waals surface area contributed by atoms with Crippen LogP contribution in [0.2, 0.25) is 0 Å². The molecular weight excluding hydrogens is 248 g/mol. The van der Waals surface area contributed by atoms with Crippen molar-refractivity contribution in [3.05, 3.63) is 23.7 Å². The molecule has 0 aromatic carbocycles. The lowest BCUT2D eigenvalue weighted by Gasteiger charge is -2.26. The number of nitrogens with one attached hydrogen (secondary N) is 1. The molecule has 4 N–H and O–H groups in total. The molecule has 1 saturated carbocycles. The molecule has 0 spiro atoms. The second-order valence-corrected chi connectivity index (χ2v) is 4.83. The first-order valence-corrected chi connectivity index (χ1v) is 6.42. The maximum Gasteiger partial charge on any atom is 0.306 e. The van der Waals surface area contributed by atoms with Gasteiger partial charge in [0.25, 0.3) is 5.91 Å². The van der Waals surface area contributed by atoms with Gasteiger partial charge in [0.15, 0.2) is 5.76 Å². The van der Waals surface area contributed by atoms with Crippen molar-refractivity contribution in [2.75, 3.05) is 0 Å². The van der Waals surface area contributed by atoms with Crippen LogP contribution in [0.15, 0.2) is 16.5 Å². The Morgan fingerprint density at radius 1 is 1.32 bits per heavy atom. The number of hydrogen-bond donors (Lipinski definition) is 3. The predicted molar refractivity (Wildman–Crippen MR) is 67.4 cm³/mol. The second kappa shape index (κ2) is 5.88. The zero-order chi connectivity index (χ0) is 13.8. The zero-order valence-corrected chi connectivity index (χ0v) is 10.6. The molecule has 1 aliphatic carbocycles.